The molecular weight excluding hydrogens is 386 g/mol. The second kappa shape index (κ2) is 8.00. The van der Waals surface area contributed by atoms with Crippen molar-refractivity contribution in [1.29, 1.82) is 0 Å². The summed E-state index contributed by atoms with van der Waals surface area (Å²) in [5, 5.41) is 16.6. The predicted octanol–water partition coefficient (Wildman–Crippen LogP) is 4.05. The molecule has 8 heteroatoms. The van der Waals surface area contributed by atoms with Crippen molar-refractivity contribution >= 4 is 27.9 Å². The highest BCUT2D eigenvalue weighted by Gasteiger charge is 2.13. The summed E-state index contributed by atoms with van der Waals surface area (Å²) in [6.07, 6.45) is 0.765. The lowest BCUT2D eigenvalue weighted by Gasteiger charge is -2.10. The van der Waals surface area contributed by atoms with Crippen LogP contribution >= 0.6 is 11.3 Å². The predicted molar refractivity (Wildman–Crippen MR) is 114 cm³/mol. The van der Waals surface area contributed by atoms with Crippen molar-refractivity contribution in [3.8, 4) is 16.3 Å². The first-order valence-electron chi connectivity index (χ1n) is 9.35. The van der Waals surface area contributed by atoms with Crippen molar-refractivity contribution in [2.24, 2.45) is 0 Å². The van der Waals surface area contributed by atoms with Crippen molar-refractivity contribution in [3.63, 3.8) is 0 Å². The lowest BCUT2D eigenvalue weighted by atomic mass is 10.1. The first kappa shape index (κ1) is 19.1. The van der Waals surface area contributed by atoms with Gasteiger partial charge in [-0.15, -0.1) is 10.2 Å². The van der Waals surface area contributed by atoms with Crippen molar-refractivity contribution in [1.82, 2.24) is 19.8 Å². The molecule has 0 aliphatic heterocycles. The molecule has 0 spiro atoms. The molecule has 0 fully saturated rings. The molecule has 29 heavy (non-hydrogen) atoms. The van der Waals surface area contributed by atoms with Crippen LogP contribution in [-0.4, -0.2) is 32.3 Å². The molecule has 0 atom stereocenters. The topological polar surface area (TPSA) is 81.4 Å². The van der Waals surface area contributed by atoms with Gasteiger partial charge in [0.2, 0.25) is 4.96 Å². The maximum Gasteiger partial charge on any atom is 0.262 e. The van der Waals surface area contributed by atoms with Gasteiger partial charge in [0.05, 0.1) is 0 Å². The molecule has 0 radical (unpaired) electrons. The summed E-state index contributed by atoms with van der Waals surface area (Å²) in [4.78, 5) is 13.1. The number of rotatable bonds is 6. The fraction of sp³-hybridized carbons (Fsp3) is 0.238. The van der Waals surface area contributed by atoms with Gasteiger partial charge < -0.3 is 10.1 Å². The molecule has 148 valence electrons. The standard InChI is InChI=1S/C21H21N5O2S/c1-4-18-23-24-21-26(18)25-20(29-21)15-6-5-7-16(11-15)22-19(27)12-28-17-9-8-13(2)10-14(17)3/h5-11H,4,12H2,1-3H3,(H,22,27). The smallest absolute Gasteiger partial charge is 0.262 e. The SMILES string of the molecule is CCc1nnc2sc(-c3cccc(NC(=O)COc4ccc(C)cc4C)c3)nn12. The Kier molecular flexibility index (Phi) is 5.26. The highest BCUT2D eigenvalue weighted by atomic mass is 32.1. The van der Waals surface area contributed by atoms with Gasteiger partial charge in [-0.05, 0) is 37.6 Å². The van der Waals surface area contributed by atoms with E-state index in [0.717, 1.165) is 38.9 Å². The summed E-state index contributed by atoms with van der Waals surface area (Å²) in [7, 11) is 0. The lowest BCUT2D eigenvalue weighted by Crippen LogP contribution is -2.20. The number of hydrogen-bond acceptors (Lipinski definition) is 6. The van der Waals surface area contributed by atoms with Crippen LogP contribution in [0.5, 0.6) is 5.75 Å². The summed E-state index contributed by atoms with van der Waals surface area (Å²) in [5.74, 6) is 1.33. The fourth-order valence-corrected chi connectivity index (χ4v) is 3.88. The van der Waals surface area contributed by atoms with Gasteiger partial charge in [0.15, 0.2) is 12.4 Å². The van der Waals surface area contributed by atoms with E-state index in [1.807, 2.05) is 63.2 Å². The number of ether oxygens (including phenoxy) is 1. The van der Waals surface area contributed by atoms with Crippen LogP contribution in [0.3, 0.4) is 0 Å². The number of nitrogens with zero attached hydrogens (tertiary/aromatic N) is 4. The van der Waals surface area contributed by atoms with Crippen LogP contribution in [0, 0.1) is 13.8 Å². The van der Waals surface area contributed by atoms with E-state index >= 15 is 0 Å². The van der Waals surface area contributed by atoms with E-state index in [-0.39, 0.29) is 12.5 Å². The summed E-state index contributed by atoms with van der Waals surface area (Å²) < 4.78 is 7.42. The average molecular weight is 407 g/mol. The van der Waals surface area contributed by atoms with Gasteiger partial charge in [0.1, 0.15) is 10.8 Å². The first-order valence-corrected chi connectivity index (χ1v) is 10.2. The molecule has 1 N–H and O–H groups in total. The largest absolute Gasteiger partial charge is 0.483 e. The third-order valence-electron chi connectivity index (χ3n) is 4.45. The molecule has 2 aromatic heterocycles. The van der Waals surface area contributed by atoms with Crippen molar-refractivity contribution < 1.29 is 9.53 Å². The minimum absolute atomic E-state index is 0.0509. The van der Waals surface area contributed by atoms with Crippen molar-refractivity contribution in [2.75, 3.05) is 11.9 Å². The molecule has 4 rings (SSSR count). The highest BCUT2D eigenvalue weighted by Crippen LogP contribution is 2.27. The fourth-order valence-electron chi connectivity index (χ4n) is 3.03. The molecule has 2 aromatic carbocycles. The quantitative estimate of drug-likeness (QED) is 0.521. The normalized spacial score (nSPS) is 11.0. The summed E-state index contributed by atoms with van der Waals surface area (Å²) in [6.45, 7) is 5.96. The van der Waals surface area contributed by atoms with Gasteiger partial charge >= 0.3 is 0 Å². The minimum Gasteiger partial charge on any atom is -0.483 e. The van der Waals surface area contributed by atoms with E-state index in [2.05, 4.69) is 20.6 Å². The van der Waals surface area contributed by atoms with Gasteiger partial charge in [-0.1, -0.05) is 48.1 Å². The summed E-state index contributed by atoms with van der Waals surface area (Å²) in [6, 6.07) is 13.5. The molecule has 0 saturated heterocycles. The zero-order valence-electron chi connectivity index (χ0n) is 16.5. The molecule has 2 heterocycles. The number of benzene rings is 2. The van der Waals surface area contributed by atoms with Crippen LogP contribution in [0.1, 0.15) is 23.9 Å². The molecule has 0 aliphatic rings. The third-order valence-corrected chi connectivity index (χ3v) is 5.40. The number of aryl methyl sites for hydroxylation is 3. The van der Waals surface area contributed by atoms with Crippen LogP contribution in [0.25, 0.3) is 15.5 Å². The molecule has 1 amide bonds. The van der Waals surface area contributed by atoms with E-state index in [0.29, 0.717) is 11.4 Å². The molecule has 7 nitrogen and oxygen atoms in total. The van der Waals surface area contributed by atoms with Crippen LogP contribution in [0.4, 0.5) is 5.69 Å². The number of fused-ring (bicyclic) bond motifs is 1. The van der Waals surface area contributed by atoms with Crippen LogP contribution in [-0.2, 0) is 11.2 Å². The molecule has 0 unspecified atom stereocenters. The Morgan fingerprint density at radius 2 is 2.03 bits per heavy atom. The second-order valence-electron chi connectivity index (χ2n) is 6.76. The van der Waals surface area contributed by atoms with Gasteiger partial charge in [0, 0.05) is 17.7 Å². The van der Waals surface area contributed by atoms with E-state index in [1.54, 1.807) is 4.52 Å². The third kappa shape index (κ3) is 4.12. The van der Waals surface area contributed by atoms with Crippen LogP contribution in [0.2, 0.25) is 0 Å². The van der Waals surface area contributed by atoms with E-state index in [4.69, 9.17) is 4.74 Å². The number of aromatic nitrogens is 4. The summed E-state index contributed by atoms with van der Waals surface area (Å²) >= 11 is 1.47. The number of nitrogens with one attached hydrogen (secondary N) is 1. The number of amides is 1. The Hall–Kier alpha value is -3.26. The minimum atomic E-state index is -0.214. The van der Waals surface area contributed by atoms with E-state index < -0.39 is 0 Å². The zero-order chi connectivity index (χ0) is 20.4. The van der Waals surface area contributed by atoms with E-state index in [9.17, 15) is 4.79 Å². The number of anilines is 1. The molecule has 4 aromatic rings. The Bertz CT molecular complexity index is 1180. The van der Waals surface area contributed by atoms with Gasteiger partial charge in [-0.2, -0.15) is 9.61 Å². The first-order chi connectivity index (χ1) is 14.0. The maximum atomic E-state index is 12.3. The molecule has 0 saturated carbocycles. The van der Waals surface area contributed by atoms with Gasteiger partial charge in [0.25, 0.3) is 5.91 Å². The lowest BCUT2D eigenvalue weighted by molar-refractivity contribution is -0.118. The summed E-state index contributed by atoms with van der Waals surface area (Å²) in [5.41, 5.74) is 3.77. The Morgan fingerprint density at radius 1 is 1.17 bits per heavy atom. The van der Waals surface area contributed by atoms with Gasteiger partial charge in [-0.25, -0.2) is 0 Å². The monoisotopic (exact) mass is 407 g/mol. The maximum absolute atomic E-state index is 12.3. The average Bonchev–Trinajstić information content (AvgIpc) is 3.28. The van der Waals surface area contributed by atoms with Crippen molar-refractivity contribution in [3.05, 3.63) is 59.4 Å². The van der Waals surface area contributed by atoms with Crippen LogP contribution < -0.4 is 10.1 Å². The molecule has 0 aliphatic carbocycles. The Morgan fingerprint density at radius 3 is 2.83 bits per heavy atom. The highest BCUT2D eigenvalue weighted by molar-refractivity contribution is 7.19. The molecular formula is C21H21N5O2S. The van der Waals surface area contributed by atoms with Crippen LogP contribution in [0.15, 0.2) is 42.5 Å². The molecule has 0 bridgehead atoms. The number of hydrogen-bond donors (Lipinski definition) is 1. The van der Waals surface area contributed by atoms with E-state index in [1.165, 1.54) is 11.3 Å². The second-order valence-corrected chi connectivity index (χ2v) is 7.71. The van der Waals surface area contributed by atoms with Gasteiger partial charge in [-0.3, -0.25) is 4.79 Å². The number of carbonyl (C=O) groups is 1. The number of carbonyl (C=O) groups excluding carboxylic acids is 1. The zero-order valence-corrected chi connectivity index (χ0v) is 17.3. The van der Waals surface area contributed by atoms with Crippen molar-refractivity contribution in [2.45, 2.75) is 27.2 Å². The Labute approximate surface area is 172 Å². The Balaban J connectivity index is 1.45.